The minimum absolute atomic E-state index is 0.00690. The Balaban J connectivity index is 1.66. The molecule has 27 heavy (non-hydrogen) atoms. The van der Waals surface area contributed by atoms with Crippen LogP contribution in [0.1, 0.15) is 25.3 Å². The molecule has 0 spiro atoms. The molecule has 0 bridgehead atoms. The summed E-state index contributed by atoms with van der Waals surface area (Å²) >= 11 is 3.50. The number of hydrogen-bond acceptors (Lipinski definition) is 3. The van der Waals surface area contributed by atoms with Gasteiger partial charge in [0, 0.05) is 35.3 Å². The van der Waals surface area contributed by atoms with Gasteiger partial charge in [-0.2, -0.15) is 4.31 Å². The van der Waals surface area contributed by atoms with E-state index in [0.29, 0.717) is 17.4 Å². The Hall–Kier alpha value is -1.37. The van der Waals surface area contributed by atoms with Crippen LogP contribution in [0.2, 0.25) is 0 Å². The first-order valence-electron chi connectivity index (χ1n) is 9.52. The van der Waals surface area contributed by atoms with Gasteiger partial charge in [-0.1, -0.05) is 40.5 Å². The first kappa shape index (κ1) is 19.0. The van der Waals surface area contributed by atoms with Gasteiger partial charge in [0.2, 0.25) is 10.0 Å². The number of sulfonamides is 1. The lowest BCUT2D eigenvalue weighted by molar-refractivity contribution is 0.356. The summed E-state index contributed by atoms with van der Waals surface area (Å²) in [7, 11) is -3.47. The molecular formula is C21H25BrN2O2S. The van der Waals surface area contributed by atoms with Crippen LogP contribution in [0.25, 0.3) is 0 Å². The highest BCUT2D eigenvalue weighted by molar-refractivity contribution is 9.10. The van der Waals surface area contributed by atoms with Gasteiger partial charge in [-0.3, -0.25) is 0 Å². The maximum absolute atomic E-state index is 13.3. The zero-order chi connectivity index (χ0) is 19.2. The molecule has 0 unspecified atom stereocenters. The van der Waals surface area contributed by atoms with Crippen molar-refractivity contribution >= 4 is 31.6 Å². The molecule has 2 fully saturated rings. The summed E-state index contributed by atoms with van der Waals surface area (Å²) in [5.41, 5.74) is 2.25. The van der Waals surface area contributed by atoms with E-state index >= 15 is 0 Å². The third-order valence-electron chi connectivity index (χ3n) is 5.97. The number of aryl methyl sites for hydroxylation is 1. The lowest BCUT2D eigenvalue weighted by Crippen LogP contribution is -2.45. The first-order chi connectivity index (χ1) is 12.9. The summed E-state index contributed by atoms with van der Waals surface area (Å²) in [4.78, 5) is 2.82. The van der Waals surface area contributed by atoms with Crippen LogP contribution in [-0.2, 0) is 10.0 Å². The molecule has 0 aromatic heterocycles. The van der Waals surface area contributed by atoms with Crippen LogP contribution in [0, 0.1) is 12.8 Å². The maximum atomic E-state index is 13.3. The molecule has 2 aliphatic heterocycles. The van der Waals surface area contributed by atoms with Crippen molar-refractivity contribution in [3.05, 3.63) is 58.6 Å². The Kier molecular flexibility index (Phi) is 5.08. The van der Waals surface area contributed by atoms with Crippen LogP contribution in [0.15, 0.2) is 57.9 Å². The SMILES string of the molecule is CC[C@@H]1[C@@H]2[C@@H](CCN2c2ccc(Br)cc2)CN1S(=O)(=O)c1ccc(C)cc1. The summed E-state index contributed by atoms with van der Waals surface area (Å²) in [6, 6.07) is 15.8. The monoisotopic (exact) mass is 448 g/mol. The Bertz CT molecular complexity index is 912. The van der Waals surface area contributed by atoms with Crippen LogP contribution in [-0.4, -0.2) is 37.9 Å². The summed E-state index contributed by atoms with van der Waals surface area (Å²) < 4.78 is 29.5. The third-order valence-corrected chi connectivity index (χ3v) is 8.40. The van der Waals surface area contributed by atoms with Gasteiger partial charge in [-0.05, 0) is 62.1 Å². The Morgan fingerprint density at radius 3 is 2.37 bits per heavy atom. The summed E-state index contributed by atoms with van der Waals surface area (Å²) in [5, 5.41) is 0. The highest BCUT2D eigenvalue weighted by Gasteiger charge is 2.51. The fraction of sp³-hybridized carbons (Fsp3) is 0.429. The van der Waals surface area contributed by atoms with E-state index in [0.717, 1.165) is 29.4 Å². The molecule has 2 saturated heterocycles. The van der Waals surface area contributed by atoms with Crippen LogP contribution >= 0.6 is 15.9 Å². The Morgan fingerprint density at radius 1 is 1.07 bits per heavy atom. The quantitative estimate of drug-likeness (QED) is 0.693. The Morgan fingerprint density at radius 2 is 1.74 bits per heavy atom. The second-order valence-electron chi connectivity index (χ2n) is 7.57. The number of rotatable bonds is 4. The van der Waals surface area contributed by atoms with Crippen molar-refractivity contribution in [3.8, 4) is 0 Å². The average Bonchev–Trinajstić information content (AvgIpc) is 3.22. The van der Waals surface area contributed by atoms with Gasteiger partial charge < -0.3 is 4.90 Å². The largest absolute Gasteiger partial charge is 0.367 e. The fourth-order valence-electron chi connectivity index (χ4n) is 4.64. The van der Waals surface area contributed by atoms with Crippen molar-refractivity contribution in [1.29, 1.82) is 0 Å². The van der Waals surface area contributed by atoms with Gasteiger partial charge in [-0.25, -0.2) is 8.42 Å². The molecule has 0 amide bonds. The van der Waals surface area contributed by atoms with E-state index in [1.54, 1.807) is 16.4 Å². The van der Waals surface area contributed by atoms with E-state index in [4.69, 9.17) is 0 Å². The van der Waals surface area contributed by atoms with E-state index in [2.05, 4.69) is 52.0 Å². The highest BCUT2D eigenvalue weighted by Crippen LogP contribution is 2.42. The number of nitrogens with zero attached hydrogens (tertiary/aromatic N) is 2. The van der Waals surface area contributed by atoms with Crippen molar-refractivity contribution in [2.45, 2.75) is 43.7 Å². The molecule has 144 valence electrons. The van der Waals surface area contributed by atoms with Crippen molar-refractivity contribution in [1.82, 2.24) is 4.31 Å². The van der Waals surface area contributed by atoms with Crippen LogP contribution in [0.4, 0.5) is 5.69 Å². The molecule has 4 rings (SSSR count). The second-order valence-corrected chi connectivity index (χ2v) is 10.4. The van der Waals surface area contributed by atoms with Crippen LogP contribution in [0.5, 0.6) is 0 Å². The normalized spacial score (nSPS) is 25.7. The van der Waals surface area contributed by atoms with E-state index in [1.807, 2.05) is 19.1 Å². The molecule has 0 aliphatic carbocycles. The molecule has 0 N–H and O–H groups in total. The highest BCUT2D eigenvalue weighted by atomic mass is 79.9. The van der Waals surface area contributed by atoms with Crippen LogP contribution in [0.3, 0.4) is 0 Å². The van der Waals surface area contributed by atoms with Gasteiger partial charge >= 0.3 is 0 Å². The van der Waals surface area contributed by atoms with E-state index in [-0.39, 0.29) is 12.1 Å². The minimum atomic E-state index is -3.47. The number of fused-ring (bicyclic) bond motifs is 1. The Labute approximate surface area is 170 Å². The number of anilines is 1. The van der Waals surface area contributed by atoms with Crippen LogP contribution < -0.4 is 4.90 Å². The predicted octanol–water partition coefficient (Wildman–Crippen LogP) is 4.44. The van der Waals surface area contributed by atoms with Gasteiger partial charge in [-0.15, -0.1) is 0 Å². The molecule has 4 nitrogen and oxygen atoms in total. The predicted molar refractivity (Wildman–Crippen MR) is 113 cm³/mol. The smallest absolute Gasteiger partial charge is 0.243 e. The molecule has 6 heteroatoms. The van der Waals surface area contributed by atoms with Crippen molar-refractivity contribution < 1.29 is 8.42 Å². The molecule has 0 radical (unpaired) electrons. The van der Waals surface area contributed by atoms with Gasteiger partial charge in [0.05, 0.1) is 4.90 Å². The standard InChI is InChI=1S/C21H25BrN2O2S/c1-3-20-21-16(12-13-23(21)18-8-6-17(22)7-9-18)14-24(20)27(25,26)19-10-4-15(2)5-11-19/h4-11,16,20-21H,3,12-14H2,1-2H3/t16-,20+,21-/m0/s1. The van der Waals surface area contributed by atoms with Crippen molar-refractivity contribution in [3.63, 3.8) is 0 Å². The minimum Gasteiger partial charge on any atom is -0.367 e. The van der Waals surface area contributed by atoms with Gasteiger partial charge in [0.25, 0.3) is 0 Å². The lowest BCUT2D eigenvalue weighted by atomic mass is 9.98. The van der Waals surface area contributed by atoms with Gasteiger partial charge in [0.1, 0.15) is 0 Å². The van der Waals surface area contributed by atoms with Gasteiger partial charge in [0.15, 0.2) is 0 Å². The molecule has 2 aromatic rings. The lowest BCUT2D eigenvalue weighted by Gasteiger charge is -2.33. The molecule has 2 aromatic carbocycles. The molecule has 2 aliphatic rings. The maximum Gasteiger partial charge on any atom is 0.243 e. The first-order valence-corrected chi connectivity index (χ1v) is 11.8. The second kappa shape index (κ2) is 7.22. The third kappa shape index (κ3) is 3.32. The molecule has 3 atom stereocenters. The zero-order valence-electron chi connectivity index (χ0n) is 15.7. The summed E-state index contributed by atoms with van der Waals surface area (Å²) in [6.07, 6.45) is 1.86. The number of hydrogen-bond donors (Lipinski definition) is 0. The van der Waals surface area contributed by atoms with Crippen molar-refractivity contribution in [2.24, 2.45) is 5.92 Å². The molecule has 0 saturated carbocycles. The summed E-state index contributed by atoms with van der Waals surface area (Å²) in [5.74, 6) is 0.388. The van der Waals surface area contributed by atoms with E-state index in [9.17, 15) is 8.42 Å². The fourth-order valence-corrected chi connectivity index (χ4v) is 6.67. The molecular weight excluding hydrogens is 424 g/mol. The summed E-state index contributed by atoms with van der Waals surface area (Å²) in [6.45, 7) is 5.68. The number of benzene rings is 2. The topological polar surface area (TPSA) is 40.6 Å². The zero-order valence-corrected chi connectivity index (χ0v) is 18.1. The molecule has 2 heterocycles. The van der Waals surface area contributed by atoms with E-state index in [1.165, 1.54) is 5.69 Å². The average molecular weight is 449 g/mol. The van der Waals surface area contributed by atoms with E-state index < -0.39 is 10.0 Å². The van der Waals surface area contributed by atoms with Crippen molar-refractivity contribution in [2.75, 3.05) is 18.0 Å². The number of halogens is 1.